The lowest BCUT2D eigenvalue weighted by molar-refractivity contribution is 0.0114. The lowest BCUT2D eigenvalue weighted by Gasteiger charge is -2.40. The molecule has 12 heteroatoms. The maximum atomic E-state index is 14.6. The fraction of sp³-hybridized carbons (Fsp3) is 0.483. The third kappa shape index (κ3) is 5.42. The number of ether oxygens (including phenoxy) is 1. The van der Waals surface area contributed by atoms with E-state index < -0.39 is 17.3 Å². The number of carbonyl (C=O) groups is 2. The van der Waals surface area contributed by atoms with Crippen LogP contribution in [0, 0.1) is 12.7 Å². The van der Waals surface area contributed by atoms with Gasteiger partial charge in [0.25, 0.3) is 5.91 Å². The SMILES string of the molecule is Cc1cn2cc(NC(=O)c3ncc(N4CCC(N(C(=O)OC(C)(C)C)C5CC5)CC4)c4cn(C)nc34)cc(F)c2n1. The molecule has 0 radical (unpaired) electrons. The number of imidazole rings is 1. The fourth-order valence-corrected chi connectivity index (χ4v) is 5.61. The summed E-state index contributed by atoms with van der Waals surface area (Å²) in [7, 11) is 1.80. The Morgan fingerprint density at radius 3 is 2.49 bits per heavy atom. The number of nitrogens with zero attached hydrogens (tertiary/aromatic N) is 7. The van der Waals surface area contributed by atoms with Crippen LogP contribution in [-0.2, 0) is 11.8 Å². The third-order valence-corrected chi connectivity index (χ3v) is 7.49. The molecule has 6 rings (SSSR count). The molecule has 216 valence electrons. The van der Waals surface area contributed by atoms with Gasteiger partial charge in [0, 0.05) is 62.3 Å². The minimum atomic E-state index is -0.532. The van der Waals surface area contributed by atoms with Crippen LogP contribution in [0.2, 0.25) is 0 Å². The summed E-state index contributed by atoms with van der Waals surface area (Å²) in [6, 6.07) is 1.63. The standard InChI is InChI=1S/C29H35FN8O3/c1-17-14-37-15-18(12-22(30)26(37)32-17)33-27(39)25-24-21(16-35(5)34-24)23(13-31-25)36-10-8-20(9-11-36)38(19-6-7-19)28(40)41-29(2,3)4/h12-16,19-20H,6-11H2,1-5H3,(H,33,39). The second-order valence-corrected chi connectivity index (χ2v) is 12.0. The zero-order valence-corrected chi connectivity index (χ0v) is 24.0. The zero-order chi connectivity index (χ0) is 29.1. The van der Waals surface area contributed by atoms with E-state index in [0.29, 0.717) is 16.9 Å². The Hall–Kier alpha value is -4.22. The number of carbonyl (C=O) groups excluding carboxylic acids is 2. The second-order valence-electron chi connectivity index (χ2n) is 12.0. The molecule has 2 aliphatic rings. The lowest BCUT2D eigenvalue weighted by Crippen LogP contribution is -2.50. The highest BCUT2D eigenvalue weighted by Crippen LogP contribution is 2.35. The van der Waals surface area contributed by atoms with E-state index in [2.05, 4.69) is 25.3 Å². The number of halogens is 1. The summed E-state index contributed by atoms with van der Waals surface area (Å²) in [5.41, 5.74) is 2.15. The Labute approximate surface area is 237 Å². The van der Waals surface area contributed by atoms with Crippen molar-refractivity contribution in [2.45, 2.75) is 71.1 Å². The van der Waals surface area contributed by atoms with Crippen LogP contribution in [0.1, 0.15) is 62.6 Å². The minimum absolute atomic E-state index is 0.119. The molecule has 2 fully saturated rings. The highest BCUT2D eigenvalue weighted by molar-refractivity contribution is 6.12. The average Bonchev–Trinajstić information content (AvgIpc) is 3.51. The molecule has 0 unspecified atom stereocenters. The summed E-state index contributed by atoms with van der Waals surface area (Å²) in [5, 5.41) is 8.11. The van der Waals surface area contributed by atoms with Gasteiger partial charge in [-0.15, -0.1) is 0 Å². The molecule has 5 heterocycles. The smallest absolute Gasteiger partial charge is 0.410 e. The number of hydrogen-bond donors (Lipinski definition) is 1. The summed E-state index contributed by atoms with van der Waals surface area (Å²) < 4.78 is 23.5. The van der Waals surface area contributed by atoms with Crippen LogP contribution in [-0.4, -0.2) is 71.8 Å². The van der Waals surface area contributed by atoms with Crippen LogP contribution in [0.15, 0.2) is 30.9 Å². The van der Waals surface area contributed by atoms with Gasteiger partial charge in [0.15, 0.2) is 17.2 Å². The van der Waals surface area contributed by atoms with Crippen molar-refractivity contribution in [3.8, 4) is 0 Å². The topological polar surface area (TPSA) is 110 Å². The van der Waals surface area contributed by atoms with Crippen LogP contribution in [0.25, 0.3) is 16.6 Å². The molecule has 41 heavy (non-hydrogen) atoms. The first-order valence-corrected chi connectivity index (χ1v) is 14.0. The number of fused-ring (bicyclic) bond motifs is 2. The average molecular weight is 563 g/mol. The van der Waals surface area contributed by atoms with E-state index in [4.69, 9.17) is 4.74 Å². The highest BCUT2D eigenvalue weighted by Gasteiger charge is 2.41. The molecule has 11 nitrogen and oxygen atoms in total. The Morgan fingerprint density at radius 1 is 1.10 bits per heavy atom. The van der Waals surface area contributed by atoms with Gasteiger partial charge < -0.3 is 24.3 Å². The van der Waals surface area contributed by atoms with Crippen molar-refractivity contribution in [2.24, 2.45) is 7.05 Å². The van der Waals surface area contributed by atoms with Gasteiger partial charge in [0.05, 0.1) is 23.3 Å². The quantitative estimate of drug-likeness (QED) is 0.376. The molecule has 1 aliphatic heterocycles. The molecule has 1 saturated heterocycles. The van der Waals surface area contributed by atoms with Gasteiger partial charge in [-0.2, -0.15) is 5.10 Å². The van der Waals surface area contributed by atoms with Crippen molar-refractivity contribution in [2.75, 3.05) is 23.3 Å². The summed E-state index contributed by atoms with van der Waals surface area (Å²) in [4.78, 5) is 39.2. The first kappa shape index (κ1) is 27.0. The summed E-state index contributed by atoms with van der Waals surface area (Å²) in [5.74, 6) is -1.01. The lowest BCUT2D eigenvalue weighted by atomic mass is 10.0. The van der Waals surface area contributed by atoms with E-state index >= 15 is 0 Å². The molecule has 0 atom stereocenters. The Balaban J connectivity index is 1.20. The van der Waals surface area contributed by atoms with E-state index in [1.54, 1.807) is 41.6 Å². The molecule has 1 aliphatic carbocycles. The number of nitrogens with one attached hydrogen (secondary N) is 1. The van der Waals surface area contributed by atoms with Crippen LogP contribution in [0.4, 0.5) is 20.6 Å². The molecular weight excluding hydrogens is 527 g/mol. The van der Waals surface area contributed by atoms with Crippen LogP contribution in [0.5, 0.6) is 0 Å². The van der Waals surface area contributed by atoms with Gasteiger partial charge in [0.1, 0.15) is 11.1 Å². The first-order chi connectivity index (χ1) is 19.5. The van der Waals surface area contributed by atoms with E-state index in [1.165, 1.54) is 6.07 Å². The second kappa shape index (κ2) is 10.0. The summed E-state index contributed by atoms with van der Waals surface area (Å²) in [6.45, 7) is 8.93. The van der Waals surface area contributed by atoms with Gasteiger partial charge in [-0.1, -0.05) is 0 Å². The van der Waals surface area contributed by atoms with Gasteiger partial charge >= 0.3 is 6.09 Å². The molecule has 2 amide bonds. The number of amides is 2. The van der Waals surface area contributed by atoms with Crippen molar-refractivity contribution >= 4 is 39.9 Å². The predicted octanol–water partition coefficient (Wildman–Crippen LogP) is 4.68. The highest BCUT2D eigenvalue weighted by atomic mass is 19.1. The minimum Gasteiger partial charge on any atom is -0.444 e. The van der Waals surface area contributed by atoms with Gasteiger partial charge in [-0.25, -0.2) is 19.2 Å². The molecule has 4 aromatic heterocycles. The molecule has 1 saturated carbocycles. The maximum absolute atomic E-state index is 14.6. The number of pyridine rings is 2. The normalized spacial score (nSPS) is 16.4. The molecule has 4 aromatic rings. The van der Waals surface area contributed by atoms with E-state index in [-0.39, 0.29) is 29.5 Å². The van der Waals surface area contributed by atoms with Gasteiger partial charge in [0.2, 0.25) is 0 Å². The van der Waals surface area contributed by atoms with Crippen LogP contribution < -0.4 is 10.2 Å². The van der Waals surface area contributed by atoms with Crippen molar-refractivity contribution < 1.29 is 18.7 Å². The fourth-order valence-electron chi connectivity index (χ4n) is 5.61. The zero-order valence-electron chi connectivity index (χ0n) is 24.0. The number of aryl methyl sites for hydroxylation is 2. The molecule has 1 N–H and O–H groups in total. The number of aromatic nitrogens is 5. The molecular formula is C29H35FN8O3. The molecule has 0 bridgehead atoms. The summed E-state index contributed by atoms with van der Waals surface area (Å²) in [6.07, 6.45) is 10.3. The van der Waals surface area contributed by atoms with Crippen molar-refractivity contribution in [3.05, 3.63) is 48.1 Å². The number of rotatable bonds is 5. The largest absolute Gasteiger partial charge is 0.444 e. The maximum Gasteiger partial charge on any atom is 0.410 e. The van der Waals surface area contributed by atoms with Crippen LogP contribution in [0.3, 0.4) is 0 Å². The molecule has 0 spiro atoms. The summed E-state index contributed by atoms with van der Waals surface area (Å²) >= 11 is 0. The number of anilines is 2. The van der Waals surface area contributed by atoms with E-state index in [9.17, 15) is 14.0 Å². The predicted molar refractivity (Wildman–Crippen MR) is 153 cm³/mol. The third-order valence-electron chi connectivity index (χ3n) is 7.49. The Bertz CT molecular complexity index is 1640. The Kier molecular flexibility index (Phi) is 6.58. The van der Waals surface area contributed by atoms with E-state index in [0.717, 1.165) is 49.8 Å². The van der Waals surface area contributed by atoms with Gasteiger partial charge in [-0.3, -0.25) is 9.48 Å². The van der Waals surface area contributed by atoms with Crippen molar-refractivity contribution in [3.63, 3.8) is 0 Å². The van der Waals surface area contributed by atoms with Crippen molar-refractivity contribution in [1.29, 1.82) is 0 Å². The van der Waals surface area contributed by atoms with Crippen molar-refractivity contribution in [1.82, 2.24) is 29.0 Å². The van der Waals surface area contributed by atoms with E-state index in [1.807, 2.05) is 31.9 Å². The number of piperidine rings is 1. The van der Waals surface area contributed by atoms with Gasteiger partial charge in [-0.05, 0) is 53.4 Å². The monoisotopic (exact) mass is 562 g/mol. The molecule has 0 aromatic carbocycles. The number of hydrogen-bond acceptors (Lipinski definition) is 7. The first-order valence-electron chi connectivity index (χ1n) is 14.0. The van der Waals surface area contributed by atoms with Crippen LogP contribution >= 0.6 is 0 Å². The Morgan fingerprint density at radius 2 is 1.80 bits per heavy atom.